The van der Waals surface area contributed by atoms with Crippen molar-refractivity contribution in [1.82, 2.24) is 4.98 Å². The van der Waals surface area contributed by atoms with E-state index in [9.17, 15) is 9.59 Å². The molecule has 3 aromatic rings. The Morgan fingerprint density at radius 1 is 1.19 bits per heavy atom. The number of rotatable bonds is 3. The first-order valence-electron chi connectivity index (χ1n) is 6.12. The van der Waals surface area contributed by atoms with E-state index in [-0.39, 0.29) is 11.4 Å². The van der Waals surface area contributed by atoms with E-state index in [1.165, 1.54) is 24.6 Å². The number of carbonyl (C=O) groups excluding carboxylic acids is 1. The number of anilines is 1. The number of benzene rings is 1. The summed E-state index contributed by atoms with van der Waals surface area (Å²) in [7, 11) is 0. The number of nitrogens with one attached hydrogen (secondary N) is 1. The highest BCUT2D eigenvalue weighted by Gasteiger charge is 2.14. The lowest BCUT2D eigenvalue weighted by Gasteiger charge is -2.03. The predicted molar refractivity (Wildman–Crippen MR) is 75.4 cm³/mol. The number of pyridine rings is 1. The second-order valence-corrected chi connectivity index (χ2v) is 4.33. The summed E-state index contributed by atoms with van der Waals surface area (Å²) in [4.78, 5) is 27.0. The van der Waals surface area contributed by atoms with Crippen LogP contribution in [0.2, 0.25) is 0 Å². The summed E-state index contributed by atoms with van der Waals surface area (Å²) >= 11 is 0. The van der Waals surface area contributed by atoms with Crippen molar-refractivity contribution >= 4 is 28.7 Å². The van der Waals surface area contributed by atoms with E-state index in [4.69, 9.17) is 9.52 Å². The van der Waals surface area contributed by atoms with E-state index in [2.05, 4.69) is 10.3 Å². The third-order valence-electron chi connectivity index (χ3n) is 2.97. The molecule has 2 heterocycles. The summed E-state index contributed by atoms with van der Waals surface area (Å²) in [5, 5.41) is 12.2. The molecule has 0 saturated carbocycles. The topological polar surface area (TPSA) is 92.4 Å². The zero-order valence-electron chi connectivity index (χ0n) is 10.7. The van der Waals surface area contributed by atoms with E-state index in [0.29, 0.717) is 16.5 Å². The van der Waals surface area contributed by atoms with Crippen LogP contribution in [0, 0.1) is 0 Å². The summed E-state index contributed by atoms with van der Waals surface area (Å²) in [5.41, 5.74) is 1.03. The van der Waals surface area contributed by atoms with Crippen molar-refractivity contribution in [3.63, 3.8) is 0 Å². The van der Waals surface area contributed by atoms with Crippen molar-refractivity contribution in [3.8, 4) is 0 Å². The molecule has 2 aromatic heterocycles. The van der Waals surface area contributed by atoms with Gasteiger partial charge in [-0.1, -0.05) is 18.2 Å². The highest BCUT2D eigenvalue weighted by molar-refractivity contribution is 6.12. The number of furan rings is 1. The molecular weight excluding hydrogens is 272 g/mol. The van der Waals surface area contributed by atoms with Gasteiger partial charge in [0, 0.05) is 11.6 Å². The number of carboxylic acids is 1. The molecule has 0 atom stereocenters. The van der Waals surface area contributed by atoms with Crippen LogP contribution in [0.3, 0.4) is 0 Å². The Balaban J connectivity index is 1.90. The Labute approximate surface area is 119 Å². The molecule has 6 nitrogen and oxygen atoms in total. The lowest BCUT2D eigenvalue weighted by molar-refractivity contribution is 0.0696. The number of para-hydroxylation sites is 1. The van der Waals surface area contributed by atoms with Crippen molar-refractivity contribution in [2.24, 2.45) is 0 Å². The molecule has 3 rings (SSSR count). The molecular formula is C15H10N2O4. The zero-order valence-corrected chi connectivity index (χ0v) is 10.7. The number of fused-ring (bicyclic) bond motifs is 1. The van der Waals surface area contributed by atoms with Crippen LogP contribution in [0.15, 0.2) is 53.3 Å². The van der Waals surface area contributed by atoms with Gasteiger partial charge in [-0.05, 0) is 18.2 Å². The zero-order chi connectivity index (χ0) is 14.8. The minimum Gasteiger partial charge on any atom is -0.478 e. The van der Waals surface area contributed by atoms with E-state index in [0.717, 1.165) is 0 Å². The maximum Gasteiger partial charge on any atom is 0.335 e. The molecule has 0 spiro atoms. The smallest absolute Gasteiger partial charge is 0.335 e. The van der Waals surface area contributed by atoms with Crippen LogP contribution in [0.4, 0.5) is 5.82 Å². The monoisotopic (exact) mass is 282 g/mol. The average Bonchev–Trinajstić information content (AvgIpc) is 2.91. The molecule has 1 amide bonds. The molecule has 104 valence electrons. The first-order valence-corrected chi connectivity index (χ1v) is 6.12. The fourth-order valence-corrected chi connectivity index (χ4v) is 1.97. The van der Waals surface area contributed by atoms with E-state index >= 15 is 0 Å². The minimum absolute atomic E-state index is 0.0531. The van der Waals surface area contributed by atoms with Crippen LogP contribution in [0.1, 0.15) is 20.7 Å². The quantitative estimate of drug-likeness (QED) is 0.770. The van der Waals surface area contributed by atoms with Gasteiger partial charge in [-0.2, -0.15) is 0 Å². The molecule has 0 bridgehead atoms. The summed E-state index contributed by atoms with van der Waals surface area (Å²) in [6, 6.07) is 9.79. The average molecular weight is 282 g/mol. The number of carbonyl (C=O) groups is 2. The number of carboxylic acid groups (broad SMARTS) is 1. The summed E-state index contributed by atoms with van der Waals surface area (Å²) in [5.74, 6) is -1.32. The Bertz CT molecular complexity index is 838. The molecule has 21 heavy (non-hydrogen) atoms. The van der Waals surface area contributed by atoms with E-state index in [1.807, 2.05) is 6.07 Å². The molecule has 0 aliphatic heterocycles. The normalized spacial score (nSPS) is 10.5. The second-order valence-electron chi connectivity index (χ2n) is 4.33. The van der Waals surface area contributed by atoms with Gasteiger partial charge in [-0.15, -0.1) is 0 Å². The Morgan fingerprint density at radius 2 is 2.00 bits per heavy atom. The van der Waals surface area contributed by atoms with Crippen molar-refractivity contribution in [2.75, 3.05) is 5.32 Å². The van der Waals surface area contributed by atoms with Crippen LogP contribution in [0.25, 0.3) is 11.0 Å². The highest BCUT2D eigenvalue weighted by Crippen LogP contribution is 2.21. The van der Waals surface area contributed by atoms with Gasteiger partial charge < -0.3 is 14.8 Å². The fraction of sp³-hybridized carbons (Fsp3) is 0. The van der Waals surface area contributed by atoms with Crippen molar-refractivity contribution < 1.29 is 19.1 Å². The number of hydrogen-bond donors (Lipinski definition) is 2. The van der Waals surface area contributed by atoms with Crippen molar-refractivity contribution in [1.29, 1.82) is 0 Å². The molecule has 0 aliphatic rings. The van der Waals surface area contributed by atoms with Gasteiger partial charge in [0.1, 0.15) is 17.7 Å². The van der Waals surface area contributed by atoms with Gasteiger partial charge in [0.25, 0.3) is 5.91 Å². The van der Waals surface area contributed by atoms with Gasteiger partial charge in [0.15, 0.2) is 0 Å². The van der Waals surface area contributed by atoms with Gasteiger partial charge in [0.05, 0.1) is 11.1 Å². The third kappa shape index (κ3) is 2.46. The number of aromatic nitrogens is 1. The number of amides is 1. The van der Waals surface area contributed by atoms with Crippen LogP contribution < -0.4 is 5.32 Å². The summed E-state index contributed by atoms with van der Waals surface area (Å²) in [6.07, 6.45) is 2.69. The van der Waals surface area contributed by atoms with E-state index < -0.39 is 11.9 Å². The SMILES string of the molecule is O=C(O)c1ccnc(NC(=O)c2coc3ccccc23)c1. The first-order chi connectivity index (χ1) is 10.1. The van der Waals surface area contributed by atoms with E-state index in [1.54, 1.807) is 18.2 Å². The Hall–Kier alpha value is -3.15. The lowest BCUT2D eigenvalue weighted by Crippen LogP contribution is -2.13. The molecule has 0 radical (unpaired) electrons. The molecule has 0 saturated heterocycles. The van der Waals surface area contributed by atoms with Gasteiger partial charge in [-0.25, -0.2) is 9.78 Å². The van der Waals surface area contributed by atoms with Crippen LogP contribution in [0.5, 0.6) is 0 Å². The molecule has 0 aliphatic carbocycles. The van der Waals surface area contributed by atoms with Gasteiger partial charge >= 0.3 is 5.97 Å². The maximum absolute atomic E-state index is 12.2. The molecule has 6 heteroatoms. The van der Waals surface area contributed by atoms with Gasteiger partial charge in [-0.3, -0.25) is 4.79 Å². The second kappa shape index (κ2) is 5.09. The number of aromatic carboxylic acids is 1. The van der Waals surface area contributed by atoms with Crippen LogP contribution in [-0.2, 0) is 0 Å². The Morgan fingerprint density at radius 3 is 2.81 bits per heavy atom. The largest absolute Gasteiger partial charge is 0.478 e. The minimum atomic E-state index is -1.08. The number of nitrogens with zero attached hydrogens (tertiary/aromatic N) is 1. The van der Waals surface area contributed by atoms with Crippen LogP contribution >= 0.6 is 0 Å². The summed E-state index contributed by atoms with van der Waals surface area (Å²) < 4.78 is 5.29. The Kier molecular flexibility index (Phi) is 3.12. The predicted octanol–water partition coefficient (Wildman–Crippen LogP) is 2.78. The molecule has 0 unspecified atom stereocenters. The third-order valence-corrected chi connectivity index (χ3v) is 2.97. The van der Waals surface area contributed by atoms with Gasteiger partial charge in [0.2, 0.25) is 0 Å². The lowest BCUT2D eigenvalue weighted by atomic mass is 10.1. The molecule has 0 fully saturated rings. The molecule has 2 N–H and O–H groups in total. The maximum atomic E-state index is 12.2. The van der Waals surface area contributed by atoms with Crippen LogP contribution in [-0.4, -0.2) is 22.0 Å². The van der Waals surface area contributed by atoms with Crippen molar-refractivity contribution in [2.45, 2.75) is 0 Å². The fourth-order valence-electron chi connectivity index (χ4n) is 1.97. The highest BCUT2D eigenvalue weighted by atomic mass is 16.4. The van der Waals surface area contributed by atoms with Crippen molar-refractivity contribution in [3.05, 3.63) is 60.0 Å². The number of hydrogen-bond acceptors (Lipinski definition) is 4. The standard InChI is InChI=1S/C15H10N2O4/c18-14(11-8-21-12-4-2-1-3-10(11)12)17-13-7-9(15(19)20)5-6-16-13/h1-8H,(H,19,20)(H,16,17,18). The molecule has 1 aromatic carbocycles. The first kappa shape index (κ1) is 12.9. The summed E-state index contributed by atoms with van der Waals surface area (Å²) in [6.45, 7) is 0.